The molecule has 0 amide bonds. The molecule has 0 aliphatic carbocycles. The first kappa shape index (κ1) is 17.0. The van der Waals surface area contributed by atoms with Crippen LogP contribution in [0.5, 0.6) is 0 Å². The summed E-state index contributed by atoms with van der Waals surface area (Å²) in [6.07, 6.45) is 12.1. The molecule has 0 aliphatic rings. The van der Waals surface area contributed by atoms with Gasteiger partial charge in [0.1, 0.15) is 0 Å². The van der Waals surface area contributed by atoms with Crippen molar-refractivity contribution in [2.24, 2.45) is 0 Å². The van der Waals surface area contributed by atoms with E-state index >= 15 is 0 Å². The molecule has 0 aromatic heterocycles. The van der Waals surface area contributed by atoms with Crippen LogP contribution >= 0.6 is 32.1 Å². The van der Waals surface area contributed by atoms with Gasteiger partial charge in [0.15, 0.2) is 0 Å². The Balaban J connectivity index is 4.69. The summed E-state index contributed by atoms with van der Waals surface area (Å²) >= 11 is 9.26. The Bertz CT molecular complexity index is 191. The minimum Gasteiger partial charge on any atom is -0.137 e. The van der Waals surface area contributed by atoms with Crippen LogP contribution in [0.2, 0.25) is 0 Å². The van der Waals surface area contributed by atoms with Gasteiger partial charge < -0.3 is 0 Å². The van der Waals surface area contributed by atoms with Crippen LogP contribution in [-0.2, 0) is 0 Å². The van der Waals surface area contributed by atoms with Gasteiger partial charge in [0.2, 0.25) is 0 Å². The highest BCUT2D eigenvalue weighted by atomic mass is 32.2. The molecule has 0 saturated carbocycles. The molecule has 0 nitrogen and oxygen atoms in total. The average Bonchev–Trinajstić information content (AvgIpc) is 2.28. The Kier molecular flexibility index (Phi) is 10.6. The van der Waals surface area contributed by atoms with Crippen LogP contribution in [0.25, 0.3) is 0 Å². The molecule has 98 valence electrons. The van der Waals surface area contributed by atoms with Gasteiger partial charge in [-0.15, -0.1) is 25.3 Å². The van der Waals surface area contributed by atoms with Gasteiger partial charge in [-0.1, -0.05) is 46.9 Å². The second-order valence-corrected chi connectivity index (χ2v) is 10.7. The zero-order valence-corrected chi connectivity index (χ0v) is 13.9. The highest BCUT2D eigenvalue weighted by Gasteiger charge is 2.18. The zero-order valence-electron chi connectivity index (χ0n) is 11.2. The van der Waals surface area contributed by atoms with Gasteiger partial charge in [-0.25, -0.2) is 0 Å². The van der Waals surface area contributed by atoms with Crippen molar-refractivity contribution in [3.63, 3.8) is 0 Å². The molecule has 0 heterocycles. The monoisotopic (exact) mass is 280 g/mol. The van der Waals surface area contributed by atoms with E-state index in [1.165, 1.54) is 61.0 Å². The molecule has 0 bridgehead atoms. The van der Waals surface area contributed by atoms with E-state index < -0.39 is 6.89 Å². The van der Waals surface area contributed by atoms with Crippen LogP contribution < -0.4 is 0 Å². The van der Waals surface area contributed by atoms with Gasteiger partial charge in [-0.3, -0.25) is 0 Å². The van der Waals surface area contributed by atoms with Crippen molar-refractivity contribution in [1.29, 1.82) is 0 Å². The SMILES string of the molecule is CCCCP(CCCC)(CCCC)=C(S)S. The summed E-state index contributed by atoms with van der Waals surface area (Å²) in [7, 11) is 0. The van der Waals surface area contributed by atoms with E-state index in [0.29, 0.717) is 0 Å². The third-order valence-corrected chi connectivity index (χ3v) is 10.2. The van der Waals surface area contributed by atoms with E-state index in [9.17, 15) is 0 Å². The fourth-order valence-electron chi connectivity index (χ4n) is 2.02. The van der Waals surface area contributed by atoms with Crippen molar-refractivity contribution in [1.82, 2.24) is 0 Å². The molecule has 0 N–H and O–H groups in total. The van der Waals surface area contributed by atoms with Gasteiger partial charge in [0, 0.05) is 3.96 Å². The maximum Gasteiger partial charge on any atom is 0.0305 e. The highest BCUT2D eigenvalue weighted by Crippen LogP contribution is 2.53. The fourth-order valence-corrected chi connectivity index (χ4v) is 7.85. The molecular formula is C13H29PS2. The van der Waals surface area contributed by atoms with Gasteiger partial charge in [-0.05, 0) is 37.7 Å². The van der Waals surface area contributed by atoms with Gasteiger partial charge in [0.25, 0.3) is 0 Å². The molecule has 0 aromatic carbocycles. The number of unbranched alkanes of at least 4 members (excludes halogenated alkanes) is 3. The summed E-state index contributed by atoms with van der Waals surface area (Å²) < 4.78 is 1.18. The summed E-state index contributed by atoms with van der Waals surface area (Å²) in [5, 5.41) is 0. The lowest BCUT2D eigenvalue weighted by Crippen LogP contribution is -2.05. The lowest BCUT2D eigenvalue weighted by molar-refractivity contribution is 0.845. The van der Waals surface area contributed by atoms with Crippen LogP contribution in [0.4, 0.5) is 0 Å². The number of hydrogen-bond acceptors (Lipinski definition) is 0. The second-order valence-electron chi connectivity index (χ2n) is 4.68. The maximum absolute atomic E-state index is 4.63. The van der Waals surface area contributed by atoms with E-state index in [0.717, 1.165) is 0 Å². The number of rotatable bonds is 9. The Labute approximate surface area is 114 Å². The predicted octanol–water partition coefficient (Wildman–Crippen LogP) is 5.35. The summed E-state index contributed by atoms with van der Waals surface area (Å²) in [5.41, 5.74) is 0. The topological polar surface area (TPSA) is 0 Å². The normalized spacial score (nSPS) is 11.8. The third-order valence-electron chi connectivity index (χ3n) is 3.24. The van der Waals surface area contributed by atoms with E-state index in [1.54, 1.807) is 0 Å². The molecule has 16 heavy (non-hydrogen) atoms. The molecular weight excluding hydrogens is 251 g/mol. The van der Waals surface area contributed by atoms with Gasteiger partial charge >= 0.3 is 0 Å². The lowest BCUT2D eigenvalue weighted by atomic mass is 10.4. The minimum absolute atomic E-state index is 0.973. The molecule has 0 aromatic rings. The summed E-state index contributed by atoms with van der Waals surface area (Å²) in [4.78, 5) is 0. The number of thiol groups is 2. The molecule has 0 radical (unpaired) electrons. The van der Waals surface area contributed by atoms with Crippen molar-refractivity contribution in [3.8, 4) is 0 Å². The Morgan fingerprint density at radius 2 is 1.06 bits per heavy atom. The average molecular weight is 280 g/mol. The maximum atomic E-state index is 4.63. The summed E-state index contributed by atoms with van der Waals surface area (Å²) in [6.45, 7) is 5.88. The predicted molar refractivity (Wildman–Crippen MR) is 89.2 cm³/mol. The van der Waals surface area contributed by atoms with Crippen LogP contribution in [-0.4, -0.2) is 22.4 Å². The van der Waals surface area contributed by atoms with Crippen molar-refractivity contribution >= 4 is 36.1 Å². The molecule has 0 atom stereocenters. The lowest BCUT2D eigenvalue weighted by Gasteiger charge is -2.27. The van der Waals surface area contributed by atoms with E-state index in [1.807, 2.05) is 0 Å². The quantitative estimate of drug-likeness (QED) is 0.413. The largest absolute Gasteiger partial charge is 0.137 e. The first-order valence-corrected chi connectivity index (χ1v) is 9.98. The molecule has 0 spiro atoms. The van der Waals surface area contributed by atoms with Crippen molar-refractivity contribution in [3.05, 3.63) is 0 Å². The molecule has 0 aliphatic heterocycles. The first-order chi connectivity index (χ1) is 7.63. The van der Waals surface area contributed by atoms with Gasteiger partial charge in [-0.2, -0.15) is 0 Å². The Hall–Kier alpha value is 1.000. The number of hydrogen-bond donors (Lipinski definition) is 2. The van der Waals surface area contributed by atoms with Gasteiger partial charge in [0.05, 0.1) is 0 Å². The van der Waals surface area contributed by atoms with Crippen molar-refractivity contribution < 1.29 is 0 Å². The second kappa shape index (κ2) is 9.97. The summed E-state index contributed by atoms with van der Waals surface area (Å²) in [5.74, 6) is 0. The molecule has 3 heteroatoms. The van der Waals surface area contributed by atoms with E-state index in [2.05, 4.69) is 46.0 Å². The van der Waals surface area contributed by atoms with Crippen molar-refractivity contribution in [2.75, 3.05) is 18.5 Å². The Morgan fingerprint density at radius 1 is 0.750 bits per heavy atom. The van der Waals surface area contributed by atoms with E-state index in [-0.39, 0.29) is 0 Å². The standard InChI is InChI=1S/C13H29PS2/c1-4-7-10-14(13(15)16,11-8-5-2)12-9-6-3/h15-16H,4-12H2,1-3H3. The van der Waals surface area contributed by atoms with Crippen molar-refractivity contribution in [2.45, 2.75) is 59.3 Å². The third kappa shape index (κ3) is 6.07. The summed E-state index contributed by atoms with van der Waals surface area (Å²) in [6, 6.07) is 0. The zero-order chi connectivity index (χ0) is 12.4. The highest BCUT2D eigenvalue weighted by molar-refractivity contribution is 8.33. The first-order valence-electron chi connectivity index (χ1n) is 6.74. The molecule has 0 fully saturated rings. The molecule has 0 unspecified atom stereocenters. The smallest absolute Gasteiger partial charge is 0.0305 e. The van der Waals surface area contributed by atoms with Crippen LogP contribution in [0.1, 0.15) is 59.3 Å². The Morgan fingerprint density at radius 3 is 1.25 bits per heavy atom. The molecule has 0 saturated heterocycles. The van der Waals surface area contributed by atoms with E-state index in [4.69, 9.17) is 0 Å². The van der Waals surface area contributed by atoms with Crippen LogP contribution in [0.3, 0.4) is 0 Å². The van der Waals surface area contributed by atoms with Crippen LogP contribution in [0.15, 0.2) is 0 Å². The van der Waals surface area contributed by atoms with Crippen LogP contribution in [0, 0.1) is 0 Å². The minimum atomic E-state index is -0.973. The molecule has 0 rings (SSSR count). The fraction of sp³-hybridized carbons (Fsp3) is 0.923.